The summed E-state index contributed by atoms with van der Waals surface area (Å²) >= 11 is 1.17. The van der Waals surface area contributed by atoms with Crippen molar-refractivity contribution in [2.24, 2.45) is 5.73 Å². The van der Waals surface area contributed by atoms with Crippen LogP contribution >= 0.6 is 11.3 Å². The molecule has 284 valence electrons. The van der Waals surface area contributed by atoms with E-state index in [0.717, 1.165) is 42.9 Å². The number of thiazole rings is 1. The lowest BCUT2D eigenvalue weighted by Crippen LogP contribution is -2.44. The molecule has 0 aliphatic heterocycles. The molecule has 11 nitrogen and oxygen atoms in total. The molecule has 51 heavy (non-hydrogen) atoms. The maximum atomic E-state index is 12.0. The smallest absolute Gasteiger partial charge is 0.490 e. The molecule has 0 saturated heterocycles. The monoisotopic (exact) mass is 752 g/mol. The summed E-state index contributed by atoms with van der Waals surface area (Å²) in [4.78, 5) is 49.0. The maximum absolute atomic E-state index is 12.0. The highest BCUT2D eigenvalue weighted by Crippen LogP contribution is 2.29. The Labute approximate surface area is 293 Å². The van der Waals surface area contributed by atoms with E-state index in [-0.39, 0.29) is 16.5 Å². The Morgan fingerprint density at radius 2 is 1.47 bits per heavy atom. The molecule has 1 heterocycles. The molecule has 1 aromatic heterocycles. The lowest BCUT2D eigenvalue weighted by molar-refractivity contribution is -0.193. The minimum Gasteiger partial charge on any atom is -0.506 e. The molecule has 1 saturated carbocycles. The standard InChI is InChI=1S/C29H40N4O3S.2C2HF3O2/c1-21(22-8-4-2-5-9-22)20-32(16-15-26(30)35)18-19-33(24-10-6-3-7-11-24)17-14-23-12-13-25(34)27-28(23)37-29(36)31-27;2*3-2(4,5)1(6)7/h2,4-5,8-9,12-13,21,24,34H,3,6-7,10-11,14-20H2,1H3,(H2,30,35)(H,31,36);2*(H,6,7)/t21-;;/m0../s1. The molecule has 0 bridgehead atoms. The third-order valence-electron chi connectivity index (χ3n) is 8.16. The van der Waals surface area contributed by atoms with Crippen LogP contribution in [0, 0.1) is 0 Å². The summed E-state index contributed by atoms with van der Waals surface area (Å²) in [6, 6.07) is 14.7. The fourth-order valence-corrected chi connectivity index (χ4v) is 6.46. The molecule has 18 heteroatoms. The number of aromatic amines is 1. The van der Waals surface area contributed by atoms with Crippen molar-refractivity contribution in [2.75, 3.05) is 32.7 Å². The molecule has 4 rings (SSSR count). The molecule has 1 aliphatic carbocycles. The molecule has 0 radical (unpaired) electrons. The Bertz CT molecular complexity index is 1580. The minimum absolute atomic E-state index is 0.124. The zero-order chi connectivity index (χ0) is 38.4. The Morgan fingerprint density at radius 3 is 2.00 bits per heavy atom. The number of phenolic OH excluding ortho intramolecular Hbond substituents is 1. The topological polar surface area (TPSA) is 177 Å². The van der Waals surface area contributed by atoms with Gasteiger partial charge in [0.2, 0.25) is 5.91 Å². The van der Waals surface area contributed by atoms with Crippen molar-refractivity contribution in [3.05, 3.63) is 63.3 Å². The van der Waals surface area contributed by atoms with Gasteiger partial charge in [0.25, 0.3) is 0 Å². The summed E-state index contributed by atoms with van der Waals surface area (Å²) in [7, 11) is 0. The van der Waals surface area contributed by atoms with Crippen LogP contribution in [0.4, 0.5) is 26.3 Å². The molecule has 2 aromatic carbocycles. The van der Waals surface area contributed by atoms with E-state index in [1.54, 1.807) is 6.07 Å². The Hall–Kier alpha value is -4.16. The number of phenols is 1. The number of carbonyl (C=O) groups excluding carboxylic acids is 1. The van der Waals surface area contributed by atoms with Crippen molar-refractivity contribution in [2.45, 2.75) is 76.2 Å². The first kappa shape index (κ1) is 43.0. The van der Waals surface area contributed by atoms with E-state index < -0.39 is 24.3 Å². The number of alkyl halides is 6. The van der Waals surface area contributed by atoms with Crippen LogP contribution < -0.4 is 10.6 Å². The number of aromatic hydroxyl groups is 1. The van der Waals surface area contributed by atoms with E-state index in [1.165, 1.54) is 49.0 Å². The van der Waals surface area contributed by atoms with Crippen molar-refractivity contribution in [1.29, 1.82) is 0 Å². The van der Waals surface area contributed by atoms with Gasteiger partial charge in [-0.25, -0.2) is 9.59 Å². The summed E-state index contributed by atoms with van der Waals surface area (Å²) in [5.41, 5.74) is 8.45. The van der Waals surface area contributed by atoms with E-state index in [0.29, 0.717) is 30.4 Å². The number of hydrogen-bond donors (Lipinski definition) is 5. The van der Waals surface area contributed by atoms with Crippen LogP contribution in [0.1, 0.15) is 62.5 Å². The number of benzene rings is 2. The summed E-state index contributed by atoms with van der Waals surface area (Å²) in [6.07, 6.45) is -2.72. The van der Waals surface area contributed by atoms with Crippen LogP contribution in [0.5, 0.6) is 5.75 Å². The number of aromatic nitrogens is 1. The lowest BCUT2D eigenvalue weighted by Gasteiger charge is -2.36. The van der Waals surface area contributed by atoms with Crippen LogP contribution in [0.3, 0.4) is 0 Å². The number of fused-ring (bicyclic) bond motifs is 1. The summed E-state index contributed by atoms with van der Waals surface area (Å²) in [5.74, 6) is -5.29. The van der Waals surface area contributed by atoms with E-state index in [2.05, 4.69) is 46.0 Å². The van der Waals surface area contributed by atoms with Crippen LogP contribution in [0.2, 0.25) is 0 Å². The highest BCUT2D eigenvalue weighted by Gasteiger charge is 2.39. The third-order valence-corrected chi connectivity index (χ3v) is 9.12. The highest BCUT2D eigenvalue weighted by molar-refractivity contribution is 7.16. The summed E-state index contributed by atoms with van der Waals surface area (Å²) in [6.45, 7) is 6.49. The molecule has 6 N–H and O–H groups in total. The van der Waals surface area contributed by atoms with Gasteiger partial charge in [-0.15, -0.1) is 0 Å². The van der Waals surface area contributed by atoms with Gasteiger partial charge in [-0.1, -0.05) is 73.9 Å². The largest absolute Gasteiger partial charge is 0.506 e. The fourth-order valence-electron chi connectivity index (χ4n) is 5.56. The average molecular weight is 753 g/mol. The van der Waals surface area contributed by atoms with Crippen molar-refractivity contribution < 1.29 is 56.0 Å². The van der Waals surface area contributed by atoms with E-state index in [4.69, 9.17) is 25.5 Å². The van der Waals surface area contributed by atoms with Crippen LogP contribution in [0.25, 0.3) is 10.2 Å². The Balaban J connectivity index is 0.000000543. The van der Waals surface area contributed by atoms with Crippen LogP contribution in [-0.2, 0) is 20.8 Å². The van der Waals surface area contributed by atoms with Crippen molar-refractivity contribution in [1.82, 2.24) is 14.8 Å². The number of hydrogen-bond acceptors (Lipinski definition) is 8. The van der Waals surface area contributed by atoms with Crippen molar-refractivity contribution in [3.63, 3.8) is 0 Å². The molecule has 1 amide bonds. The predicted molar refractivity (Wildman–Crippen MR) is 179 cm³/mol. The summed E-state index contributed by atoms with van der Waals surface area (Å²) < 4.78 is 64.3. The maximum Gasteiger partial charge on any atom is 0.490 e. The normalized spacial score (nSPS) is 14.4. The quantitative estimate of drug-likeness (QED) is 0.137. The SMILES string of the molecule is C[C@@H](CN(CCC(N)=O)CCN(CCc1ccc(O)c2[nH]c(=O)sc12)C1CCCCC1)c1ccccc1.O=C(O)C(F)(F)F.O=C(O)C(F)(F)F. The molecular formula is C33H42F6N4O7S. The number of primary amides is 1. The van der Waals surface area contributed by atoms with Gasteiger partial charge in [0.15, 0.2) is 0 Å². The number of nitrogens with one attached hydrogen (secondary N) is 1. The van der Waals surface area contributed by atoms with Crippen molar-refractivity contribution >= 4 is 39.4 Å². The van der Waals surface area contributed by atoms with Gasteiger partial charge < -0.3 is 30.9 Å². The number of nitrogens with zero attached hydrogens (tertiary/aromatic N) is 2. The molecule has 1 fully saturated rings. The second-order valence-electron chi connectivity index (χ2n) is 12.0. The lowest BCUT2D eigenvalue weighted by atomic mass is 9.93. The van der Waals surface area contributed by atoms with Gasteiger partial charge in [-0.05, 0) is 42.4 Å². The van der Waals surface area contributed by atoms with Gasteiger partial charge in [-0.3, -0.25) is 14.5 Å². The number of halogens is 6. The van der Waals surface area contributed by atoms with Gasteiger partial charge >= 0.3 is 29.2 Å². The molecule has 0 unspecified atom stereocenters. The summed E-state index contributed by atoms with van der Waals surface area (Å²) in [5, 5.41) is 24.4. The first-order chi connectivity index (χ1) is 23.8. The first-order valence-electron chi connectivity index (χ1n) is 16.0. The number of carbonyl (C=O) groups is 3. The molecule has 3 aromatic rings. The van der Waals surface area contributed by atoms with Gasteiger partial charge in [-0.2, -0.15) is 26.3 Å². The van der Waals surface area contributed by atoms with Gasteiger partial charge in [0, 0.05) is 45.2 Å². The second kappa shape index (κ2) is 20.0. The number of aliphatic carboxylic acids is 2. The number of rotatable bonds is 13. The minimum atomic E-state index is -5.08. The van der Waals surface area contributed by atoms with E-state index in [9.17, 15) is 41.0 Å². The zero-order valence-electron chi connectivity index (χ0n) is 27.8. The first-order valence-corrected chi connectivity index (χ1v) is 16.8. The molecule has 1 atom stereocenters. The zero-order valence-corrected chi connectivity index (χ0v) is 28.6. The average Bonchev–Trinajstić information content (AvgIpc) is 3.47. The Kier molecular flexibility index (Phi) is 16.9. The predicted octanol–water partition coefficient (Wildman–Crippen LogP) is 5.72. The van der Waals surface area contributed by atoms with Crippen molar-refractivity contribution in [3.8, 4) is 5.75 Å². The van der Waals surface area contributed by atoms with E-state index in [1.807, 2.05) is 12.1 Å². The van der Waals surface area contributed by atoms with Crippen LogP contribution in [-0.4, -0.2) is 99.1 Å². The number of carboxylic acid groups (broad SMARTS) is 2. The molecular weight excluding hydrogens is 710 g/mol. The third kappa shape index (κ3) is 15.3. The van der Waals surface area contributed by atoms with Gasteiger partial charge in [0.1, 0.15) is 11.3 Å². The Morgan fingerprint density at radius 1 is 0.902 bits per heavy atom. The highest BCUT2D eigenvalue weighted by atomic mass is 32.1. The van der Waals surface area contributed by atoms with Crippen LogP contribution in [0.15, 0.2) is 47.3 Å². The van der Waals surface area contributed by atoms with E-state index >= 15 is 0 Å². The molecule has 0 spiro atoms. The van der Waals surface area contributed by atoms with Gasteiger partial charge in [0.05, 0.1) is 4.70 Å². The number of nitrogens with two attached hydrogens (primary N) is 1. The molecule has 1 aliphatic rings. The number of H-pyrrole nitrogens is 1. The fraction of sp³-hybridized carbons (Fsp3) is 0.515. The number of carboxylic acids is 2. The second-order valence-corrected chi connectivity index (χ2v) is 13.0. The number of amides is 1.